The minimum Gasteiger partial charge on any atom is -0.332 e. The molecule has 0 bridgehead atoms. The monoisotopic (exact) mass is 567 g/mol. The lowest BCUT2D eigenvalue weighted by Gasteiger charge is -2.28. The Morgan fingerprint density at radius 3 is 2.10 bits per heavy atom. The molecule has 2 rings (SSSR count). The van der Waals surface area contributed by atoms with E-state index in [2.05, 4.69) is 66.9 Å². The molecule has 1 heterocycles. The SMILES string of the molecule is CCCCCCCCCCCCCC(CCC(CCc1ccccc1)CNCCCN(C)C)C1C(=O)C=CNC1=O. The Labute approximate surface area is 252 Å². The van der Waals surface area contributed by atoms with Gasteiger partial charge >= 0.3 is 0 Å². The van der Waals surface area contributed by atoms with Gasteiger partial charge in [-0.15, -0.1) is 0 Å². The Morgan fingerprint density at radius 2 is 1.46 bits per heavy atom. The second-order valence-electron chi connectivity index (χ2n) is 12.6. The smallest absolute Gasteiger partial charge is 0.235 e. The number of ketones is 1. The van der Waals surface area contributed by atoms with E-state index < -0.39 is 5.92 Å². The number of hydrogen-bond acceptors (Lipinski definition) is 4. The molecule has 5 nitrogen and oxygen atoms in total. The van der Waals surface area contributed by atoms with E-state index in [-0.39, 0.29) is 17.6 Å². The molecular weight excluding hydrogens is 506 g/mol. The summed E-state index contributed by atoms with van der Waals surface area (Å²) in [6, 6.07) is 10.7. The zero-order valence-corrected chi connectivity index (χ0v) is 26.7. The van der Waals surface area contributed by atoms with E-state index in [0.29, 0.717) is 5.92 Å². The van der Waals surface area contributed by atoms with Crippen LogP contribution in [0.5, 0.6) is 0 Å². The van der Waals surface area contributed by atoms with Crippen LogP contribution >= 0.6 is 0 Å². The van der Waals surface area contributed by atoms with Crippen LogP contribution in [0.4, 0.5) is 0 Å². The van der Waals surface area contributed by atoms with Crippen LogP contribution in [0.3, 0.4) is 0 Å². The van der Waals surface area contributed by atoms with E-state index in [1.807, 2.05) is 0 Å². The van der Waals surface area contributed by atoms with Crippen LogP contribution in [0.15, 0.2) is 42.6 Å². The van der Waals surface area contributed by atoms with Crippen molar-refractivity contribution in [3.05, 3.63) is 48.2 Å². The first-order valence-electron chi connectivity index (χ1n) is 16.9. The minimum absolute atomic E-state index is 0.00975. The molecule has 0 aliphatic carbocycles. The third-order valence-electron chi connectivity index (χ3n) is 8.73. The van der Waals surface area contributed by atoms with Crippen molar-refractivity contribution in [1.82, 2.24) is 15.5 Å². The fourth-order valence-corrected chi connectivity index (χ4v) is 6.16. The van der Waals surface area contributed by atoms with Gasteiger partial charge in [0.15, 0.2) is 5.78 Å². The molecule has 232 valence electrons. The fraction of sp³-hybridized carbons (Fsp3) is 0.722. The first-order chi connectivity index (χ1) is 20.0. The van der Waals surface area contributed by atoms with Crippen LogP contribution in [-0.2, 0) is 16.0 Å². The number of nitrogens with one attached hydrogen (secondary N) is 2. The lowest BCUT2D eigenvalue weighted by molar-refractivity contribution is -0.134. The lowest BCUT2D eigenvalue weighted by Crippen LogP contribution is -2.40. The predicted molar refractivity (Wildman–Crippen MR) is 174 cm³/mol. The van der Waals surface area contributed by atoms with Gasteiger partial charge in [0.1, 0.15) is 5.92 Å². The van der Waals surface area contributed by atoms with Crippen LogP contribution in [0.25, 0.3) is 0 Å². The van der Waals surface area contributed by atoms with Gasteiger partial charge in [0, 0.05) is 6.20 Å². The number of amides is 1. The van der Waals surface area contributed by atoms with Crippen LogP contribution < -0.4 is 10.6 Å². The molecule has 1 aromatic carbocycles. The first kappa shape index (κ1) is 35.2. The molecule has 1 aromatic rings. The van der Waals surface area contributed by atoms with E-state index in [1.54, 1.807) is 6.08 Å². The molecular formula is C36H61N3O2. The first-order valence-corrected chi connectivity index (χ1v) is 16.9. The summed E-state index contributed by atoms with van der Waals surface area (Å²) in [7, 11) is 4.24. The summed E-state index contributed by atoms with van der Waals surface area (Å²) in [6.07, 6.45) is 23.8. The minimum atomic E-state index is -0.522. The van der Waals surface area contributed by atoms with Crippen molar-refractivity contribution in [2.24, 2.45) is 17.8 Å². The van der Waals surface area contributed by atoms with Gasteiger partial charge in [0.05, 0.1) is 0 Å². The van der Waals surface area contributed by atoms with Gasteiger partial charge in [-0.1, -0.05) is 108 Å². The summed E-state index contributed by atoms with van der Waals surface area (Å²) in [5.74, 6) is 0.0225. The third kappa shape index (κ3) is 16.3. The number of nitrogens with zero attached hydrogens (tertiary/aromatic N) is 1. The molecule has 0 saturated carbocycles. The third-order valence-corrected chi connectivity index (χ3v) is 8.73. The molecule has 0 aromatic heterocycles. The van der Waals surface area contributed by atoms with Crippen molar-refractivity contribution in [2.45, 2.75) is 116 Å². The van der Waals surface area contributed by atoms with Crippen molar-refractivity contribution >= 4 is 11.7 Å². The zero-order chi connectivity index (χ0) is 29.5. The van der Waals surface area contributed by atoms with Crippen molar-refractivity contribution in [1.29, 1.82) is 0 Å². The predicted octanol–water partition coefficient (Wildman–Crippen LogP) is 7.70. The Bertz CT molecular complexity index is 838. The number of allylic oxidation sites excluding steroid dienone is 1. The van der Waals surface area contributed by atoms with Crippen molar-refractivity contribution in [3.63, 3.8) is 0 Å². The number of benzene rings is 1. The molecule has 3 atom stereocenters. The van der Waals surface area contributed by atoms with E-state index >= 15 is 0 Å². The number of rotatable bonds is 25. The number of aryl methyl sites for hydroxylation is 1. The molecule has 1 aliphatic rings. The van der Waals surface area contributed by atoms with Gasteiger partial charge in [-0.3, -0.25) is 9.59 Å². The highest BCUT2D eigenvalue weighted by Gasteiger charge is 2.34. The summed E-state index contributed by atoms with van der Waals surface area (Å²) in [5, 5.41) is 6.53. The van der Waals surface area contributed by atoms with E-state index in [4.69, 9.17) is 0 Å². The zero-order valence-electron chi connectivity index (χ0n) is 26.7. The van der Waals surface area contributed by atoms with Gasteiger partial charge in [-0.2, -0.15) is 0 Å². The maximum absolute atomic E-state index is 12.8. The summed E-state index contributed by atoms with van der Waals surface area (Å²) < 4.78 is 0. The second kappa shape index (κ2) is 22.6. The summed E-state index contributed by atoms with van der Waals surface area (Å²) >= 11 is 0. The largest absolute Gasteiger partial charge is 0.332 e. The number of hydrogen-bond donors (Lipinski definition) is 2. The highest BCUT2D eigenvalue weighted by Crippen LogP contribution is 2.30. The topological polar surface area (TPSA) is 61.4 Å². The number of carbonyl (C=O) groups is 2. The fourth-order valence-electron chi connectivity index (χ4n) is 6.16. The molecule has 2 N–H and O–H groups in total. The van der Waals surface area contributed by atoms with E-state index in [9.17, 15) is 9.59 Å². The lowest BCUT2D eigenvalue weighted by atomic mass is 9.78. The Balaban J connectivity index is 1.86. The maximum Gasteiger partial charge on any atom is 0.235 e. The van der Waals surface area contributed by atoms with Gasteiger partial charge in [-0.25, -0.2) is 0 Å². The molecule has 0 fully saturated rings. The van der Waals surface area contributed by atoms with Crippen LogP contribution in [0.2, 0.25) is 0 Å². The normalized spacial score (nSPS) is 16.7. The Hall–Kier alpha value is -1.98. The highest BCUT2D eigenvalue weighted by molar-refractivity contribution is 6.09. The van der Waals surface area contributed by atoms with Crippen LogP contribution in [0, 0.1) is 17.8 Å². The Kier molecular flexibility index (Phi) is 19.4. The molecule has 1 aliphatic heterocycles. The quantitative estimate of drug-likeness (QED) is 0.0939. The Morgan fingerprint density at radius 1 is 0.805 bits per heavy atom. The average Bonchev–Trinajstić information content (AvgIpc) is 2.96. The van der Waals surface area contributed by atoms with Crippen LogP contribution in [-0.4, -0.2) is 50.3 Å². The van der Waals surface area contributed by atoms with E-state index in [1.165, 1.54) is 76.0 Å². The van der Waals surface area contributed by atoms with Crippen molar-refractivity contribution < 1.29 is 9.59 Å². The molecule has 0 radical (unpaired) electrons. The molecule has 3 unspecified atom stereocenters. The van der Waals surface area contributed by atoms with Gasteiger partial charge in [0.2, 0.25) is 5.91 Å². The van der Waals surface area contributed by atoms with Gasteiger partial charge in [-0.05, 0) is 95.7 Å². The number of unbranched alkanes of at least 4 members (excludes halogenated alkanes) is 10. The number of carbonyl (C=O) groups excluding carboxylic acids is 2. The summed E-state index contributed by atoms with van der Waals surface area (Å²) in [5.41, 5.74) is 1.38. The van der Waals surface area contributed by atoms with Gasteiger partial charge in [0.25, 0.3) is 0 Å². The molecule has 41 heavy (non-hydrogen) atoms. The summed E-state index contributed by atoms with van der Waals surface area (Å²) in [4.78, 5) is 27.9. The molecule has 0 saturated heterocycles. The van der Waals surface area contributed by atoms with Crippen LogP contribution in [0.1, 0.15) is 115 Å². The molecule has 1 amide bonds. The average molecular weight is 568 g/mol. The highest BCUT2D eigenvalue weighted by atomic mass is 16.2. The second-order valence-corrected chi connectivity index (χ2v) is 12.6. The maximum atomic E-state index is 12.8. The molecule has 5 heteroatoms. The van der Waals surface area contributed by atoms with E-state index in [0.717, 1.165) is 64.6 Å². The summed E-state index contributed by atoms with van der Waals surface area (Å²) in [6.45, 7) is 5.38. The van der Waals surface area contributed by atoms with Crippen molar-refractivity contribution in [2.75, 3.05) is 33.7 Å². The molecule has 0 spiro atoms. The van der Waals surface area contributed by atoms with Gasteiger partial charge < -0.3 is 15.5 Å². The van der Waals surface area contributed by atoms with Crippen molar-refractivity contribution in [3.8, 4) is 0 Å². The standard InChI is InChI=1S/C36H61N3O2/c1-4-5-6-7-8-9-10-11-12-13-17-21-33(35-34(40)26-28-38-36(35)41)25-24-32(30-37-27-18-29-39(2)3)23-22-31-19-15-14-16-20-31/h14-16,19-20,26,28,32-33,35,37H,4-13,17-18,21-25,27,29-30H2,1-3H3,(H,38,41).